The number of furan rings is 1. The van der Waals surface area contributed by atoms with Gasteiger partial charge in [0.25, 0.3) is 5.91 Å². The zero-order valence-corrected chi connectivity index (χ0v) is 20.0. The van der Waals surface area contributed by atoms with Crippen molar-refractivity contribution in [3.8, 4) is 0 Å². The van der Waals surface area contributed by atoms with Crippen LogP contribution in [0.3, 0.4) is 0 Å². The molecule has 5 rings (SSSR count). The normalized spacial score (nSPS) is 25.7. The van der Waals surface area contributed by atoms with Gasteiger partial charge in [0.05, 0.1) is 18.3 Å². The molecule has 1 aliphatic heterocycles. The number of aromatic nitrogens is 1. The first-order valence-electron chi connectivity index (χ1n) is 11.3. The highest BCUT2D eigenvalue weighted by Gasteiger charge is 2.48. The van der Waals surface area contributed by atoms with Crippen molar-refractivity contribution in [3.05, 3.63) is 58.4 Å². The van der Waals surface area contributed by atoms with Gasteiger partial charge in [-0.3, -0.25) is 9.59 Å². The van der Waals surface area contributed by atoms with Crippen LogP contribution < -0.4 is 5.32 Å². The molecule has 1 aromatic carbocycles. The molecule has 1 N–H and O–H groups in total. The summed E-state index contributed by atoms with van der Waals surface area (Å²) in [4.78, 5) is 29.3. The highest BCUT2D eigenvalue weighted by atomic mass is 79.9. The van der Waals surface area contributed by atoms with Crippen molar-refractivity contribution in [2.45, 2.75) is 64.2 Å². The molecule has 7 heteroatoms. The lowest BCUT2D eigenvalue weighted by Crippen LogP contribution is -2.65. The number of rotatable bonds is 4. The van der Waals surface area contributed by atoms with Crippen LogP contribution in [0.25, 0.3) is 11.1 Å². The molecule has 2 aromatic heterocycles. The van der Waals surface area contributed by atoms with Crippen molar-refractivity contribution < 1.29 is 14.0 Å². The van der Waals surface area contributed by atoms with Gasteiger partial charge in [0.1, 0.15) is 11.2 Å². The minimum Gasteiger partial charge on any atom is -0.463 e. The van der Waals surface area contributed by atoms with Gasteiger partial charge in [-0.25, -0.2) is 0 Å². The van der Waals surface area contributed by atoms with Crippen molar-refractivity contribution in [2.24, 2.45) is 5.92 Å². The summed E-state index contributed by atoms with van der Waals surface area (Å²) < 4.78 is 8.43. The molecule has 0 radical (unpaired) electrons. The first-order valence-corrected chi connectivity index (χ1v) is 12.1. The molecule has 2 aliphatic rings. The van der Waals surface area contributed by atoms with Crippen LogP contribution in [0, 0.1) is 5.92 Å². The fourth-order valence-electron chi connectivity index (χ4n) is 5.19. The van der Waals surface area contributed by atoms with E-state index in [1.54, 1.807) is 17.2 Å². The third-order valence-corrected chi connectivity index (χ3v) is 7.69. The molecule has 3 heterocycles. The molecule has 168 valence electrons. The lowest BCUT2D eigenvalue weighted by Gasteiger charge is -2.45. The zero-order chi connectivity index (χ0) is 22.5. The summed E-state index contributed by atoms with van der Waals surface area (Å²) in [5, 5.41) is 3.31. The second-order valence-corrected chi connectivity index (χ2v) is 10.3. The molecule has 1 aliphatic carbocycles. The van der Waals surface area contributed by atoms with Crippen molar-refractivity contribution in [2.75, 3.05) is 0 Å². The minimum absolute atomic E-state index is 0.0874. The Bertz CT molecular complexity index is 1180. The number of carbonyl (C=O) groups excluding carboxylic acids is 2. The lowest BCUT2D eigenvalue weighted by atomic mass is 9.85. The van der Waals surface area contributed by atoms with Gasteiger partial charge in [0, 0.05) is 29.2 Å². The summed E-state index contributed by atoms with van der Waals surface area (Å²) >= 11 is 3.52. The molecule has 1 fully saturated rings. The largest absolute Gasteiger partial charge is 0.463 e. The van der Waals surface area contributed by atoms with Crippen LogP contribution in [-0.4, -0.2) is 32.9 Å². The van der Waals surface area contributed by atoms with Crippen molar-refractivity contribution in [1.29, 1.82) is 0 Å². The van der Waals surface area contributed by atoms with E-state index in [0.717, 1.165) is 34.8 Å². The number of nitrogens with zero attached hydrogens (tertiary/aromatic N) is 2. The summed E-state index contributed by atoms with van der Waals surface area (Å²) in [5.74, 6) is 0.199. The number of amides is 2. The molecular formula is C25H28BrN3O3. The summed E-state index contributed by atoms with van der Waals surface area (Å²) in [5.41, 5.74) is 2.03. The Morgan fingerprint density at radius 2 is 2.06 bits per heavy atom. The van der Waals surface area contributed by atoms with Gasteiger partial charge >= 0.3 is 0 Å². The smallest absolute Gasteiger partial charge is 0.271 e. The Morgan fingerprint density at radius 3 is 2.84 bits per heavy atom. The minimum atomic E-state index is -1.02. The Balaban J connectivity index is 1.53. The van der Waals surface area contributed by atoms with Crippen LogP contribution in [0.2, 0.25) is 0 Å². The first kappa shape index (κ1) is 21.3. The van der Waals surface area contributed by atoms with E-state index >= 15 is 0 Å². The number of fused-ring (bicyclic) bond motifs is 3. The fourth-order valence-corrected chi connectivity index (χ4v) is 5.64. The molecular weight excluding hydrogens is 470 g/mol. The van der Waals surface area contributed by atoms with Crippen LogP contribution in [0.4, 0.5) is 0 Å². The highest BCUT2D eigenvalue weighted by Crippen LogP contribution is 2.35. The Hall–Kier alpha value is -2.54. The van der Waals surface area contributed by atoms with Crippen LogP contribution in [0.1, 0.15) is 55.6 Å². The maximum Gasteiger partial charge on any atom is 0.271 e. The molecule has 2 amide bonds. The van der Waals surface area contributed by atoms with Crippen molar-refractivity contribution in [3.63, 3.8) is 0 Å². The van der Waals surface area contributed by atoms with Crippen LogP contribution in [0.5, 0.6) is 0 Å². The molecule has 1 saturated carbocycles. The second-order valence-electron chi connectivity index (χ2n) is 9.42. The monoisotopic (exact) mass is 497 g/mol. The molecule has 3 aromatic rings. The predicted molar refractivity (Wildman–Crippen MR) is 126 cm³/mol. The fraction of sp³-hybridized carbons (Fsp3) is 0.440. The SMILES string of the molecule is C[C@@H]1CCCC[C@@H]1NC(=O)[C@]1(C)Cn2c(cc3occc32)C(=O)N1Cc1cccc(Br)c1. The van der Waals surface area contributed by atoms with Crippen LogP contribution in [0.15, 0.2) is 51.6 Å². The Labute approximate surface area is 196 Å². The maximum atomic E-state index is 13.8. The van der Waals surface area contributed by atoms with E-state index in [4.69, 9.17) is 4.42 Å². The van der Waals surface area contributed by atoms with Gasteiger partial charge in [0.2, 0.25) is 5.91 Å². The number of benzene rings is 1. The topological polar surface area (TPSA) is 67.5 Å². The number of hydrogen-bond acceptors (Lipinski definition) is 3. The quantitative estimate of drug-likeness (QED) is 0.544. The summed E-state index contributed by atoms with van der Waals surface area (Å²) in [6.45, 7) is 4.84. The number of carbonyl (C=O) groups is 2. The lowest BCUT2D eigenvalue weighted by molar-refractivity contribution is -0.134. The third kappa shape index (κ3) is 3.56. The van der Waals surface area contributed by atoms with Gasteiger partial charge < -0.3 is 19.2 Å². The van der Waals surface area contributed by atoms with E-state index in [-0.39, 0.29) is 17.9 Å². The predicted octanol–water partition coefficient (Wildman–Crippen LogP) is 5.11. The molecule has 0 bridgehead atoms. The van der Waals surface area contributed by atoms with E-state index in [0.29, 0.717) is 30.3 Å². The standard InChI is InChI=1S/C25H28BrN3O3/c1-16-6-3-4-9-19(16)27-24(31)25(2)15-28-20-10-11-32-22(20)13-21(28)23(30)29(25)14-17-7-5-8-18(26)12-17/h5,7-8,10-13,16,19H,3-4,6,9,14-15H2,1-2H3,(H,27,31)/t16-,19+,25+/m1/s1. The zero-order valence-electron chi connectivity index (χ0n) is 18.4. The van der Waals surface area contributed by atoms with E-state index < -0.39 is 5.54 Å². The molecule has 0 saturated heterocycles. The summed E-state index contributed by atoms with van der Waals surface area (Å²) in [7, 11) is 0. The molecule has 32 heavy (non-hydrogen) atoms. The Kier molecular flexibility index (Phi) is 5.40. The van der Waals surface area contributed by atoms with Gasteiger partial charge in [-0.2, -0.15) is 0 Å². The summed E-state index contributed by atoms with van der Waals surface area (Å²) in [6.07, 6.45) is 6.08. The van der Waals surface area contributed by atoms with Crippen LogP contribution in [-0.2, 0) is 17.9 Å². The van der Waals surface area contributed by atoms with Crippen molar-refractivity contribution >= 4 is 38.8 Å². The number of hydrogen-bond donors (Lipinski definition) is 1. The van der Waals surface area contributed by atoms with Crippen LogP contribution >= 0.6 is 15.9 Å². The summed E-state index contributed by atoms with van der Waals surface area (Å²) in [6, 6.07) is 11.7. The van der Waals surface area contributed by atoms with E-state index in [1.165, 1.54) is 6.42 Å². The number of halogens is 1. The molecule has 6 nitrogen and oxygen atoms in total. The molecule has 0 spiro atoms. The van der Waals surface area contributed by atoms with Gasteiger partial charge in [-0.05, 0) is 43.4 Å². The van der Waals surface area contributed by atoms with Gasteiger partial charge in [0.15, 0.2) is 5.58 Å². The van der Waals surface area contributed by atoms with Crippen molar-refractivity contribution in [1.82, 2.24) is 14.8 Å². The van der Waals surface area contributed by atoms with E-state index in [1.807, 2.05) is 41.8 Å². The van der Waals surface area contributed by atoms with Gasteiger partial charge in [-0.15, -0.1) is 0 Å². The first-order chi connectivity index (χ1) is 15.4. The number of nitrogens with one attached hydrogen (secondary N) is 1. The third-order valence-electron chi connectivity index (χ3n) is 7.20. The van der Waals surface area contributed by atoms with E-state index in [9.17, 15) is 9.59 Å². The average molecular weight is 498 g/mol. The molecule has 0 unspecified atom stereocenters. The van der Waals surface area contributed by atoms with E-state index in [2.05, 4.69) is 28.2 Å². The Morgan fingerprint density at radius 1 is 1.25 bits per heavy atom. The highest BCUT2D eigenvalue weighted by molar-refractivity contribution is 9.10. The maximum absolute atomic E-state index is 13.8. The molecule has 3 atom stereocenters. The average Bonchev–Trinajstić information content (AvgIpc) is 3.35. The second kappa shape index (κ2) is 8.10. The van der Waals surface area contributed by atoms with Gasteiger partial charge in [-0.1, -0.05) is 47.8 Å².